The van der Waals surface area contributed by atoms with Crippen molar-refractivity contribution in [2.24, 2.45) is 11.8 Å². The zero-order valence-corrected chi connectivity index (χ0v) is 18.9. The number of likely N-dealkylation sites (tertiary alicyclic amines) is 1. The number of benzene rings is 1. The van der Waals surface area contributed by atoms with Crippen molar-refractivity contribution in [2.75, 3.05) is 33.9 Å². The van der Waals surface area contributed by atoms with Crippen LogP contribution in [0.25, 0.3) is 0 Å². The van der Waals surface area contributed by atoms with Crippen LogP contribution in [0.15, 0.2) is 42.6 Å². The lowest BCUT2D eigenvalue weighted by Gasteiger charge is -2.57. The van der Waals surface area contributed by atoms with Crippen LogP contribution in [0.5, 0.6) is 11.5 Å². The summed E-state index contributed by atoms with van der Waals surface area (Å²) in [6, 6.07) is 14.1. The van der Waals surface area contributed by atoms with Crippen LogP contribution in [0.1, 0.15) is 36.9 Å². The average Bonchev–Trinajstić information content (AvgIpc) is 2.82. The van der Waals surface area contributed by atoms with Crippen molar-refractivity contribution in [3.8, 4) is 11.5 Å². The van der Waals surface area contributed by atoms with Crippen LogP contribution in [-0.4, -0.2) is 60.7 Å². The molecule has 2 aromatic rings. The van der Waals surface area contributed by atoms with Gasteiger partial charge in [-0.15, -0.1) is 0 Å². The Bertz CT molecular complexity index is 888. The molecule has 0 amide bonds. The first-order valence-electron chi connectivity index (χ1n) is 11.8. The second kappa shape index (κ2) is 9.17. The van der Waals surface area contributed by atoms with Crippen molar-refractivity contribution < 1.29 is 9.47 Å². The maximum Gasteiger partial charge on any atom is 0.122 e. The number of rotatable bonds is 6. The predicted molar refractivity (Wildman–Crippen MR) is 122 cm³/mol. The molecule has 1 aromatic heterocycles. The maximum atomic E-state index is 5.50. The van der Waals surface area contributed by atoms with Crippen LogP contribution < -0.4 is 9.47 Å². The highest BCUT2D eigenvalue weighted by molar-refractivity contribution is 5.29. The molecule has 3 fully saturated rings. The van der Waals surface area contributed by atoms with Gasteiger partial charge in [-0.25, -0.2) is 0 Å². The summed E-state index contributed by atoms with van der Waals surface area (Å²) in [6.07, 6.45) is 8.45. The van der Waals surface area contributed by atoms with E-state index in [0.717, 1.165) is 48.7 Å². The number of methoxy groups -OCH3 is 2. The molecule has 31 heavy (non-hydrogen) atoms. The molecule has 3 aliphatic heterocycles. The van der Waals surface area contributed by atoms with E-state index in [0.29, 0.717) is 12.0 Å². The van der Waals surface area contributed by atoms with Gasteiger partial charge in [-0.2, -0.15) is 0 Å². The Kier molecular flexibility index (Phi) is 6.15. The third kappa shape index (κ3) is 4.44. The summed E-state index contributed by atoms with van der Waals surface area (Å²) in [7, 11) is 3.49. The molecule has 5 rings (SSSR count). The molecule has 4 heterocycles. The van der Waals surface area contributed by atoms with Crippen molar-refractivity contribution in [2.45, 2.75) is 50.7 Å². The van der Waals surface area contributed by atoms with E-state index >= 15 is 0 Å². The Labute approximate surface area is 186 Å². The number of piperidine rings is 3. The standard InChI is InChI=1S/C26H35N3O2/c1-30-23-7-5-6-19(12-23)13-26-21-14-20(25-8-3-4-11-29(25)26)16-28(17-21)18-22-15-24(31-2)9-10-27-22/h5-7,9-10,12,15,20-21,25-26H,3-4,8,11,13-14,16-18H2,1-2H3/t20-,21+,25+,26+/m1/s1. The van der Waals surface area contributed by atoms with Crippen LogP contribution in [0.3, 0.4) is 0 Å². The Morgan fingerprint density at radius 1 is 1.00 bits per heavy atom. The second-order valence-electron chi connectivity index (χ2n) is 9.56. The highest BCUT2D eigenvalue weighted by Gasteiger charge is 2.46. The molecular formula is C26H35N3O2. The van der Waals surface area contributed by atoms with Crippen molar-refractivity contribution >= 4 is 0 Å². The molecule has 0 saturated carbocycles. The number of fused-ring (bicyclic) bond motifs is 4. The van der Waals surface area contributed by atoms with Gasteiger partial charge in [0.15, 0.2) is 0 Å². The normalized spacial score (nSPS) is 28.7. The van der Waals surface area contributed by atoms with E-state index < -0.39 is 0 Å². The number of hydrogen-bond acceptors (Lipinski definition) is 5. The van der Waals surface area contributed by atoms with E-state index in [1.54, 1.807) is 14.2 Å². The van der Waals surface area contributed by atoms with Crippen LogP contribution >= 0.6 is 0 Å². The van der Waals surface area contributed by atoms with E-state index in [1.807, 2.05) is 18.3 Å². The summed E-state index contributed by atoms with van der Waals surface area (Å²) in [5.74, 6) is 3.36. The second-order valence-corrected chi connectivity index (χ2v) is 9.56. The number of ether oxygens (including phenoxy) is 2. The van der Waals surface area contributed by atoms with E-state index in [4.69, 9.17) is 9.47 Å². The molecule has 0 radical (unpaired) electrons. The molecule has 4 atom stereocenters. The molecule has 0 aliphatic carbocycles. The Balaban J connectivity index is 1.36. The van der Waals surface area contributed by atoms with Gasteiger partial charge in [0, 0.05) is 44.0 Å². The molecule has 0 N–H and O–H groups in total. The Morgan fingerprint density at radius 3 is 2.71 bits per heavy atom. The van der Waals surface area contributed by atoms with Crippen molar-refractivity contribution in [3.63, 3.8) is 0 Å². The maximum absolute atomic E-state index is 5.50. The minimum Gasteiger partial charge on any atom is -0.497 e. The summed E-state index contributed by atoms with van der Waals surface area (Å²) in [5, 5.41) is 0. The van der Waals surface area contributed by atoms with Crippen molar-refractivity contribution in [1.82, 2.24) is 14.8 Å². The van der Waals surface area contributed by atoms with Crippen molar-refractivity contribution in [1.29, 1.82) is 0 Å². The van der Waals surface area contributed by atoms with Gasteiger partial charge < -0.3 is 9.47 Å². The van der Waals surface area contributed by atoms with Gasteiger partial charge in [0.05, 0.1) is 19.9 Å². The van der Waals surface area contributed by atoms with Crippen LogP contribution in [0, 0.1) is 11.8 Å². The molecule has 5 nitrogen and oxygen atoms in total. The fourth-order valence-electron chi connectivity index (χ4n) is 6.35. The SMILES string of the molecule is COc1cccc(C[C@H]2[C@H]3C[C@H](CN(Cc4cc(OC)ccn4)C3)[C@@H]3CCCCN32)c1. The molecule has 0 spiro atoms. The zero-order chi connectivity index (χ0) is 21.2. The molecule has 5 heteroatoms. The quantitative estimate of drug-likeness (QED) is 0.704. The third-order valence-corrected chi connectivity index (χ3v) is 7.69. The van der Waals surface area contributed by atoms with Gasteiger partial charge in [-0.05, 0) is 67.8 Å². The molecular weight excluding hydrogens is 386 g/mol. The minimum absolute atomic E-state index is 0.620. The first-order chi connectivity index (χ1) is 15.2. The first kappa shape index (κ1) is 20.8. The summed E-state index contributed by atoms with van der Waals surface area (Å²) >= 11 is 0. The Hall–Kier alpha value is -2.11. The van der Waals surface area contributed by atoms with Gasteiger partial charge in [0.25, 0.3) is 0 Å². The lowest BCUT2D eigenvalue weighted by Crippen LogP contribution is -2.63. The van der Waals surface area contributed by atoms with E-state index in [9.17, 15) is 0 Å². The monoisotopic (exact) mass is 421 g/mol. The number of pyridine rings is 1. The number of aromatic nitrogens is 1. The molecule has 1 aromatic carbocycles. The summed E-state index contributed by atoms with van der Waals surface area (Å²) in [6.45, 7) is 4.54. The van der Waals surface area contributed by atoms with Crippen molar-refractivity contribution in [3.05, 3.63) is 53.9 Å². The molecule has 3 aliphatic rings. The largest absolute Gasteiger partial charge is 0.497 e. The fraction of sp³-hybridized carbons (Fsp3) is 0.577. The van der Waals surface area contributed by atoms with Crippen LogP contribution in [0.4, 0.5) is 0 Å². The van der Waals surface area contributed by atoms with Gasteiger partial charge in [-0.1, -0.05) is 18.6 Å². The van der Waals surface area contributed by atoms with Gasteiger partial charge in [-0.3, -0.25) is 14.8 Å². The third-order valence-electron chi connectivity index (χ3n) is 7.69. The number of hydrogen-bond donors (Lipinski definition) is 0. The average molecular weight is 422 g/mol. The topological polar surface area (TPSA) is 37.8 Å². The molecule has 0 unspecified atom stereocenters. The highest BCUT2D eigenvalue weighted by Crippen LogP contribution is 2.42. The van der Waals surface area contributed by atoms with Gasteiger partial charge in [0.2, 0.25) is 0 Å². The van der Waals surface area contributed by atoms with E-state index in [1.165, 1.54) is 44.3 Å². The van der Waals surface area contributed by atoms with Gasteiger partial charge in [0.1, 0.15) is 11.5 Å². The molecule has 166 valence electrons. The lowest BCUT2D eigenvalue weighted by atomic mass is 9.71. The predicted octanol–water partition coefficient (Wildman–Crippen LogP) is 4.02. The minimum atomic E-state index is 0.620. The first-order valence-corrected chi connectivity index (χ1v) is 11.8. The summed E-state index contributed by atoms with van der Waals surface area (Å²) < 4.78 is 10.9. The summed E-state index contributed by atoms with van der Waals surface area (Å²) in [5.41, 5.74) is 2.52. The van der Waals surface area contributed by atoms with Crippen LogP contribution in [0.2, 0.25) is 0 Å². The van der Waals surface area contributed by atoms with Gasteiger partial charge >= 0.3 is 0 Å². The van der Waals surface area contributed by atoms with Crippen LogP contribution in [-0.2, 0) is 13.0 Å². The zero-order valence-electron chi connectivity index (χ0n) is 18.9. The fourth-order valence-corrected chi connectivity index (χ4v) is 6.35. The smallest absolute Gasteiger partial charge is 0.122 e. The number of nitrogens with zero attached hydrogens (tertiary/aromatic N) is 3. The lowest BCUT2D eigenvalue weighted by molar-refractivity contribution is -0.0731. The molecule has 2 bridgehead atoms. The Morgan fingerprint density at radius 2 is 1.84 bits per heavy atom. The van der Waals surface area contributed by atoms with E-state index in [2.05, 4.69) is 39.0 Å². The summed E-state index contributed by atoms with van der Waals surface area (Å²) in [4.78, 5) is 10.2. The van der Waals surface area contributed by atoms with E-state index in [-0.39, 0.29) is 0 Å². The molecule has 3 saturated heterocycles. The highest BCUT2D eigenvalue weighted by atomic mass is 16.5.